The van der Waals surface area contributed by atoms with Gasteiger partial charge in [0, 0.05) is 12.7 Å². The van der Waals surface area contributed by atoms with Gasteiger partial charge in [-0.15, -0.1) is 0 Å². The summed E-state index contributed by atoms with van der Waals surface area (Å²) in [4.78, 5) is 0. The summed E-state index contributed by atoms with van der Waals surface area (Å²) >= 11 is 0. The largest absolute Gasteiger partial charge is 0.377 e. The highest BCUT2D eigenvalue weighted by atomic mass is 16.5. The lowest BCUT2D eigenvalue weighted by atomic mass is 10.0. The van der Waals surface area contributed by atoms with E-state index in [1.54, 1.807) is 18.7 Å². The predicted molar refractivity (Wildman–Crippen MR) is 45.3 cm³/mol. The van der Waals surface area contributed by atoms with Gasteiger partial charge in [-0.25, -0.2) is 0 Å². The number of ether oxygens (including phenoxy) is 1. The van der Waals surface area contributed by atoms with Crippen molar-refractivity contribution in [2.75, 3.05) is 7.11 Å². The highest BCUT2D eigenvalue weighted by molar-refractivity contribution is 5.97. The Hall–Kier alpha value is -1.13. The summed E-state index contributed by atoms with van der Waals surface area (Å²) in [5.74, 6) is 0.0146. The van der Waals surface area contributed by atoms with Gasteiger partial charge in [-0.3, -0.25) is 16.1 Å². The molecule has 1 rings (SSSR count). The summed E-state index contributed by atoms with van der Waals surface area (Å²) in [6, 6.07) is 0. The number of hydrogen-bond donors (Lipinski definition) is 3. The number of amidine groups is 1. The maximum absolute atomic E-state index is 8.43. The van der Waals surface area contributed by atoms with Crippen molar-refractivity contribution in [3.05, 3.63) is 23.8 Å². The van der Waals surface area contributed by atoms with Crippen molar-refractivity contribution in [1.29, 1.82) is 5.41 Å². The molecule has 0 fully saturated rings. The van der Waals surface area contributed by atoms with E-state index < -0.39 is 0 Å². The van der Waals surface area contributed by atoms with Crippen LogP contribution in [0, 0.1) is 5.41 Å². The number of rotatable bonds is 2. The van der Waals surface area contributed by atoms with Crippen LogP contribution in [0.3, 0.4) is 0 Å². The summed E-state index contributed by atoms with van der Waals surface area (Å²) in [6.45, 7) is 0. The molecule has 0 spiro atoms. The van der Waals surface area contributed by atoms with E-state index in [1.165, 1.54) is 0 Å². The first-order valence-electron chi connectivity index (χ1n) is 3.68. The van der Waals surface area contributed by atoms with E-state index in [-0.39, 0.29) is 11.9 Å². The number of methoxy groups -OCH3 is 1. The van der Waals surface area contributed by atoms with E-state index in [2.05, 4.69) is 0 Å². The Morgan fingerprint density at radius 1 is 1.83 bits per heavy atom. The van der Waals surface area contributed by atoms with Crippen molar-refractivity contribution < 1.29 is 9.94 Å². The second-order valence-corrected chi connectivity index (χ2v) is 2.52. The van der Waals surface area contributed by atoms with Gasteiger partial charge in [-0.2, -0.15) is 0 Å². The van der Waals surface area contributed by atoms with Crippen LogP contribution in [-0.2, 0) is 4.74 Å². The van der Waals surface area contributed by atoms with Crippen molar-refractivity contribution in [3.8, 4) is 0 Å². The maximum Gasteiger partial charge on any atom is 0.149 e. The van der Waals surface area contributed by atoms with Crippen molar-refractivity contribution in [1.82, 2.24) is 5.48 Å². The van der Waals surface area contributed by atoms with Crippen LogP contribution in [0.15, 0.2) is 23.8 Å². The molecule has 0 amide bonds. The molecule has 0 bridgehead atoms. The fraction of sp³-hybridized carbons (Fsp3) is 0.375. The molecule has 0 saturated carbocycles. The minimum atomic E-state index is 0.0146. The lowest BCUT2D eigenvalue weighted by Gasteiger charge is -2.14. The highest BCUT2D eigenvalue weighted by Gasteiger charge is 2.09. The molecule has 0 radical (unpaired) electrons. The van der Waals surface area contributed by atoms with E-state index in [0.717, 1.165) is 6.42 Å². The molecule has 1 unspecified atom stereocenters. The molecule has 0 aliphatic heterocycles. The third-order valence-corrected chi connectivity index (χ3v) is 1.76. The van der Waals surface area contributed by atoms with Crippen LogP contribution in [0.2, 0.25) is 0 Å². The average Bonchev–Trinajstić information content (AvgIpc) is 2.17. The van der Waals surface area contributed by atoms with Gasteiger partial charge in [0.25, 0.3) is 0 Å². The van der Waals surface area contributed by atoms with Crippen LogP contribution in [0.25, 0.3) is 0 Å². The molecule has 1 aliphatic carbocycles. The molecule has 0 saturated heterocycles. The van der Waals surface area contributed by atoms with Gasteiger partial charge in [-0.05, 0) is 6.42 Å². The first-order valence-corrected chi connectivity index (χ1v) is 3.68. The fourth-order valence-electron chi connectivity index (χ4n) is 1.03. The molecule has 0 heterocycles. The Kier molecular flexibility index (Phi) is 3.01. The monoisotopic (exact) mass is 168 g/mol. The fourth-order valence-corrected chi connectivity index (χ4v) is 1.03. The molecule has 3 N–H and O–H groups in total. The van der Waals surface area contributed by atoms with E-state index >= 15 is 0 Å². The van der Waals surface area contributed by atoms with Crippen LogP contribution in [0.1, 0.15) is 6.42 Å². The molecular weight excluding hydrogens is 156 g/mol. The van der Waals surface area contributed by atoms with Crippen LogP contribution in [0.4, 0.5) is 0 Å². The number of hydroxylamine groups is 1. The van der Waals surface area contributed by atoms with E-state index in [4.69, 9.17) is 15.4 Å². The lowest BCUT2D eigenvalue weighted by Crippen LogP contribution is -2.21. The van der Waals surface area contributed by atoms with Crippen LogP contribution < -0.4 is 5.48 Å². The Morgan fingerprint density at radius 2 is 2.58 bits per heavy atom. The smallest absolute Gasteiger partial charge is 0.149 e. The third-order valence-electron chi connectivity index (χ3n) is 1.76. The molecule has 4 nitrogen and oxygen atoms in total. The van der Waals surface area contributed by atoms with Gasteiger partial charge in [0.05, 0.1) is 6.10 Å². The lowest BCUT2D eigenvalue weighted by molar-refractivity contribution is 0.142. The molecule has 0 aromatic carbocycles. The zero-order chi connectivity index (χ0) is 8.97. The normalized spacial score (nSPS) is 21.8. The van der Waals surface area contributed by atoms with E-state index in [0.29, 0.717) is 5.57 Å². The summed E-state index contributed by atoms with van der Waals surface area (Å²) in [5, 5.41) is 15.7. The molecule has 4 heteroatoms. The number of hydrogen-bond acceptors (Lipinski definition) is 3. The van der Waals surface area contributed by atoms with Gasteiger partial charge in [0.15, 0.2) is 0 Å². The first-order chi connectivity index (χ1) is 5.77. The molecule has 0 aromatic rings. The standard InChI is InChI=1S/C8H12N2O2/c1-12-7-4-2-6(3-5-7)8(9)10-11/h2-4,7,11H,5H2,1H3,(H2,9,10). The van der Waals surface area contributed by atoms with Crippen molar-refractivity contribution in [3.63, 3.8) is 0 Å². The first kappa shape index (κ1) is 8.96. The second-order valence-electron chi connectivity index (χ2n) is 2.52. The molecule has 0 aromatic heterocycles. The summed E-state index contributed by atoms with van der Waals surface area (Å²) < 4.78 is 5.07. The van der Waals surface area contributed by atoms with Gasteiger partial charge in [0.1, 0.15) is 5.84 Å². The average molecular weight is 168 g/mol. The maximum atomic E-state index is 8.43. The van der Waals surface area contributed by atoms with Gasteiger partial charge in [-0.1, -0.05) is 18.2 Å². The Labute approximate surface area is 71.0 Å². The van der Waals surface area contributed by atoms with Crippen LogP contribution >= 0.6 is 0 Å². The van der Waals surface area contributed by atoms with Crippen molar-refractivity contribution in [2.45, 2.75) is 12.5 Å². The molecule has 1 atom stereocenters. The Balaban J connectivity index is 2.57. The number of nitrogens with one attached hydrogen (secondary N) is 2. The molecule has 66 valence electrons. The SMILES string of the molecule is COC1C=CC(C(=N)NO)=CC1. The minimum Gasteiger partial charge on any atom is -0.377 e. The van der Waals surface area contributed by atoms with Crippen LogP contribution in [0.5, 0.6) is 0 Å². The van der Waals surface area contributed by atoms with E-state index in [9.17, 15) is 0 Å². The van der Waals surface area contributed by atoms with Gasteiger partial charge in [0.2, 0.25) is 0 Å². The molecular formula is C8H12N2O2. The van der Waals surface area contributed by atoms with E-state index in [1.807, 2.05) is 12.2 Å². The zero-order valence-corrected chi connectivity index (χ0v) is 6.87. The van der Waals surface area contributed by atoms with Gasteiger partial charge >= 0.3 is 0 Å². The van der Waals surface area contributed by atoms with Crippen molar-refractivity contribution in [2.24, 2.45) is 0 Å². The Bertz CT molecular complexity index is 233. The second kappa shape index (κ2) is 4.04. The summed E-state index contributed by atoms with van der Waals surface area (Å²) in [5.41, 5.74) is 2.48. The van der Waals surface area contributed by atoms with Crippen molar-refractivity contribution >= 4 is 5.84 Å². The summed E-state index contributed by atoms with van der Waals surface area (Å²) in [6.07, 6.45) is 6.30. The molecule has 12 heavy (non-hydrogen) atoms. The van der Waals surface area contributed by atoms with Gasteiger partial charge < -0.3 is 4.74 Å². The highest BCUT2D eigenvalue weighted by Crippen LogP contribution is 2.12. The quantitative estimate of drug-likeness (QED) is 0.325. The Morgan fingerprint density at radius 3 is 3.00 bits per heavy atom. The third kappa shape index (κ3) is 1.93. The predicted octanol–water partition coefficient (Wildman–Crippen LogP) is 0.844. The summed E-state index contributed by atoms with van der Waals surface area (Å²) in [7, 11) is 1.64. The minimum absolute atomic E-state index is 0.0146. The topological polar surface area (TPSA) is 65.3 Å². The molecule has 1 aliphatic rings. The van der Waals surface area contributed by atoms with Crippen LogP contribution in [-0.4, -0.2) is 24.3 Å². The zero-order valence-electron chi connectivity index (χ0n) is 6.87.